The van der Waals surface area contributed by atoms with Gasteiger partial charge < -0.3 is 9.64 Å². The number of hydrogen-bond acceptors (Lipinski definition) is 5. The molecule has 1 aliphatic rings. The third-order valence-electron chi connectivity index (χ3n) is 5.11. The van der Waals surface area contributed by atoms with Crippen LogP contribution in [0, 0.1) is 11.8 Å². The highest BCUT2D eigenvalue weighted by Gasteiger charge is 2.21. The number of hydrogen-bond donors (Lipinski definition) is 0. The summed E-state index contributed by atoms with van der Waals surface area (Å²) in [4.78, 5) is 20.1. The summed E-state index contributed by atoms with van der Waals surface area (Å²) in [6.07, 6.45) is 5.15. The minimum Gasteiger partial charge on any atom is -0.354 e. The number of rotatable bonds is 6. The van der Waals surface area contributed by atoms with E-state index in [-0.39, 0.29) is 12.3 Å². The number of anilines is 1. The van der Waals surface area contributed by atoms with Crippen LogP contribution in [-0.2, 0) is 24.6 Å². The Labute approximate surface area is 169 Å². The second-order valence-corrected chi connectivity index (χ2v) is 7.12. The lowest BCUT2D eigenvalue weighted by atomic mass is 10.1. The van der Waals surface area contributed by atoms with E-state index in [0.29, 0.717) is 24.2 Å². The van der Waals surface area contributed by atoms with Gasteiger partial charge >= 0.3 is 0 Å². The number of nitrogens with zero attached hydrogens (tertiary/aromatic N) is 5. The third kappa shape index (κ3) is 4.17. The van der Waals surface area contributed by atoms with E-state index in [1.165, 1.54) is 11.1 Å². The highest BCUT2D eigenvalue weighted by Crippen LogP contribution is 2.23. The van der Waals surface area contributed by atoms with Crippen LogP contribution in [0.1, 0.15) is 31.7 Å². The molecule has 1 aliphatic heterocycles. The monoisotopic (exact) mass is 391 g/mol. The molecule has 4 rings (SSSR count). The molecule has 0 aliphatic carbocycles. The molecule has 0 unspecified atom stereocenters. The van der Waals surface area contributed by atoms with E-state index in [9.17, 15) is 4.79 Å². The van der Waals surface area contributed by atoms with Crippen LogP contribution in [0.25, 0.3) is 11.0 Å². The molecular formula is C22H25N5O2. The number of ether oxygens (including phenoxy) is 1. The molecule has 3 heterocycles. The Morgan fingerprint density at radius 3 is 2.69 bits per heavy atom. The summed E-state index contributed by atoms with van der Waals surface area (Å²) in [6, 6.07) is 9.87. The van der Waals surface area contributed by atoms with Crippen LogP contribution >= 0.6 is 0 Å². The number of benzene rings is 1. The standard InChI is InChI=1S/C22H25N5O2/c1-2-3-14-26-20-19(24-22(26)25-12-8-5-9-13-25)15-23-27(21(20)28)17-29-16-18-10-6-4-7-11-18/h4,6-7,10-11,15H,5,8-9,12-14,16-17H2,1H3. The zero-order chi connectivity index (χ0) is 20.1. The largest absolute Gasteiger partial charge is 0.354 e. The first kappa shape index (κ1) is 19.2. The SMILES string of the molecule is CC#CCn1c(N2CCCCC2)nc2cnn(COCc3ccccc3)c(=O)c21. The highest BCUT2D eigenvalue weighted by molar-refractivity contribution is 5.77. The first-order valence-corrected chi connectivity index (χ1v) is 10.0. The lowest BCUT2D eigenvalue weighted by Crippen LogP contribution is -2.32. The van der Waals surface area contributed by atoms with Gasteiger partial charge in [0.2, 0.25) is 5.95 Å². The first-order chi connectivity index (χ1) is 14.3. The lowest BCUT2D eigenvalue weighted by molar-refractivity contribution is 0.0532. The van der Waals surface area contributed by atoms with Crippen molar-refractivity contribution in [3.63, 3.8) is 0 Å². The number of aromatic nitrogens is 4. The summed E-state index contributed by atoms with van der Waals surface area (Å²) in [7, 11) is 0. The van der Waals surface area contributed by atoms with Gasteiger partial charge in [-0.15, -0.1) is 5.92 Å². The molecule has 29 heavy (non-hydrogen) atoms. The molecule has 7 heteroatoms. The summed E-state index contributed by atoms with van der Waals surface area (Å²) >= 11 is 0. The predicted octanol–water partition coefficient (Wildman–Crippen LogP) is 2.78. The molecule has 0 spiro atoms. The molecule has 0 radical (unpaired) electrons. The quantitative estimate of drug-likeness (QED) is 0.605. The van der Waals surface area contributed by atoms with Crippen LogP contribution in [0.5, 0.6) is 0 Å². The maximum Gasteiger partial charge on any atom is 0.295 e. The van der Waals surface area contributed by atoms with Crippen molar-refractivity contribution < 1.29 is 4.74 Å². The topological polar surface area (TPSA) is 65.2 Å². The van der Waals surface area contributed by atoms with Crippen LogP contribution in [-0.4, -0.2) is 32.4 Å². The molecule has 3 aromatic rings. The first-order valence-electron chi connectivity index (χ1n) is 10.0. The number of imidazole rings is 1. The Balaban J connectivity index is 1.64. The van der Waals surface area contributed by atoms with Crippen molar-refractivity contribution in [1.29, 1.82) is 0 Å². The molecule has 7 nitrogen and oxygen atoms in total. The van der Waals surface area contributed by atoms with E-state index >= 15 is 0 Å². The zero-order valence-corrected chi connectivity index (χ0v) is 16.7. The zero-order valence-electron chi connectivity index (χ0n) is 16.7. The second kappa shape index (κ2) is 8.93. The van der Waals surface area contributed by atoms with Gasteiger partial charge in [0.05, 0.1) is 19.3 Å². The smallest absolute Gasteiger partial charge is 0.295 e. The van der Waals surface area contributed by atoms with Crippen molar-refractivity contribution in [2.45, 2.75) is 46.1 Å². The van der Waals surface area contributed by atoms with E-state index < -0.39 is 0 Å². The lowest BCUT2D eigenvalue weighted by Gasteiger charge is -2.27. The van der Waals surface area contributed by atoms with Gasteiger partial charge in [0.1, 0.15) is 17.8 Å². The van der Waals surface area contributed by atoms with Crippen molar-refractivity contribution in [3.05, 3.63) is 52.4 Å². The molecule has 1 fully saturated rings. The van der Waals surface area contributed by atoms with Gasteiger partial charge in [-0.05, 0) is 31.7 Å². The minimum atomic E-state index is -0.204. The van der Waals surface area contributed by atoms with Crippen LogP contribution in [0.4, 0.5) is 5.95 Å². The van der Waals surface area contributed by atoms with E-state index in [4.69, 9.17) is 9.72 Å². The Morgan fingerprint density at radius 1 is 1.14 bits per heavy atom. The summed E-state index contributed by atoms with van der Waals surface area (Å²) in [5.74, 6) is 6.81. The van der Waals surface area contributed by atoms with Gasteiger partial charge in [0, 0.05) is 13.1 Å². The summed E-state index contributed by atoms with van der Waals surface area (Å²) < 4.78 is 8.99. The predicted molar refractivity (Wildman–Crippen MR) is 113 cm³/mol. The maximum absolute atomic E-state index is 13.1. The Hall–Kier alpha value is -3.11. The molecule has 1 aromatic carbocycles. The minimum absolute atomic E-state index is 0.0906. The fraction of sp³-hybridized carbons (Fsp3) is 0.409. The van der Waals surface area contributed by atoms with Crippen molar-refractivity contribution in [3.8, 4) is 11.8 Å². The average molecular weight is 391 g/mol. The molecule has 0 atom stereocenters. The maximum atomic E-state index is 13.1. The van der Waals surface area contributed by atoms with Gasteiger partial charge in [0.15, 0.2) is 0 Å². The van der Waals surface area contributed by atoms with Gasteiger partial charge in [-0.3, -0.25) is 9.36 Å². The van der Waals surface area contributed by atoms with E-state index in [2.05, 4.69) is 21.8 Å². The molecule has 0 amide bonds. The molecule has 150 valence electrons. The molecular weight excluding hydrogens is 366 g/mol. The Bertz CT molecular complexity index is 1090. The highest BCUT2D eigenvalue weighted by atomic mass is 16.5. The Morgan fingerprint density at radius 2 is 1.93 bits per heavy atom. The summed E-state index contributed by atoms with van der Waals surface area (Å²) in [5.41, 5.74) is 1.99. The molecule has 1 saturated heterocycles. The van der Waals surface area contributed by atoms with E-state index in [0.717, 1.165) is 37.4 Å². The second-order valence-electron chi connectivity index (χ2n) is 7.12. The molecule has 0 N–H and O–H groups in total. The molecule has 2 aromatic heterocycles. The van der Waals surface area contributed by atoms with Gasteiger partial charge in [-0.2, -0.15) is 5.10 Å². The molecule has 0 saturated carbocycles. The average Bonchev–Trinajstić information content (AvgIpc) is 3.14. The Kier molecular flexibility index (Phi) is 5.92. The van der Waals surface area contributed by atoms with Gasteiger partial charge in [-0.25, -0.2) is 9.67 Å². The van der Waals surface area contributed by atoms with Crippen LogP contribution < -0.4 is 10.5 Å². The summed E-state index contributed by atoms with van der Waals surface area (Å²) in [6.45, 7) is 4.65. The fourth-order valence-electron chi connectivity index (χ4n) is 3.63. The van der Waals surface area contributed by atoms with Gasteiger partial charge in [0.25, 0.3) is 5.56 Å². The molecule has 0 bridgehead atoms. The van der Waals surface area contributed by atoms with Crippen LogP contribution in [0.2, 0.25) is 0 Å². The van der Waals surface area contributed by atoms with Gasteiger partial charge in [-0.1, -0.05) is 36.3 Å². The van der Waals surface area contributed by atoms with Crippen LogP contribution in [0.15, 0.2) is 41.3 Å². The normalized spacial score (nSPS) is 14.0. The fourth-order valence-corrected chi connectivity index (χ4v) is 3.63. The van der Waals surface area contributed by atoms with E-state index in [1.807, 2.05) is 34.9 Å². The van der Waals surface area contributed by atoms with Crippen LogP contribution in [0.3, 0.4) is 0 Å². The third-order valence-corrected chi connectivity index (χ3v) is 5.11. The van der Waals surface area contributed by atoms with Crippen molar-refractivity contribution in [1.82, 2.24) is 19.3 Å². The summed E-state index contributed by atoms with van der Waals surface area (Å²) in [5, 5.41) is 4.27. The number of fused-ring (bicyclic) bond motifs is 1. The number of piperidine rings is 1. The van der Waals surface area contributed by atoms with Crippen molar-refractivity contribution in [2.24, 2.45) is 0 Å². The van der Waals surface area contributed by atoms with E-state index in [1.54, 1.807) is 13.1 Å². The van der Waals surface area contributed by atoms with Crippen molar-refractivity contribution >= 4 is 17.0 Å². The van der Waals surface area contributed by atoms with Crippen molar-refractivity contribution in [2.75, 3.05) is 18.0 Å².